The van der Waals surface area contributed by atoms with Gasteiger partial charge in [0, 0.05) is 28.1 Å². The van der Waals surface area contributed by atoms with E-state index in [1.165, 1.54) is 12.3 Å². The van der Waals surface area contributed by atoms with Crippen LogP contribution in [0.15, 0.2) is 41.0 Å². The van der Waals surface area contributed by atoms with E-state index in [-0.39, 0.29) is 0 Å². The summed E-state index contributed by atoms with van der Waals surface area (Å²) in [6, 6.07) is 9.02. The number of nitrogens with one attached hydrogen (secondary N) is 1. The summed E-state index contributed by atoms with van der Waals surface area (Å²) >= 11 is 3.41. The zero-order valence-corrected chi connectivity index (χ0v) is 10.3. The number of rotatable bonds is 2. The quantitative estimate of drug-likeness (QED) is 0.840. The molecule has 82 valence electrons. The first-order chi connectivity index (χ1) is 7.63. The van der Waals surface area contributed by atoms with Crippen molar-refractivity contribution < 1.29 is 4.39 Å². The third-order valence-corrected chi connectivity index (χ3v) is 2.52. The summed E-state index contributed by atoms with van der Waals surface area (Å²) in [6.45, 7) is 2.00. The molecule has 1 aromatic carbocycles. The third-order valence-electron chi connectivity index (χ3n) is 2.06. The van der Waals surface area contributed by atoms with Crippen LogP contribution in [0.5, 0.6) is 0 Å². The van der Waals surface area contributed by atoms with E-state index in [9.17, 15) is 4.39 Å². The lowest BCUT2D eigenvalue weighted by molar-refractivity contribution is 0.584. The van der Waals surface area contributed by atoms with E-state index in [0.717, 1.165) is 15.7 Å². The van der Waals surface area contributed by atoms with Crippen molar-refractivity contribution >= 4 is 27.3 Å². The van der Waals surface area contributed by atoms with Crippen LogP contribution >= 0.6 is 15.9 Å². The molecular formula is C12H10BrFN2. The Bertz CT molecular complexity index is 494. The molecule has 0 bridgehead atoms. The molecule has 1 heterocycles. The van der Waals surface area contributed by atoms with E-state index in [1.54, 1.807) is 6.07 Å². The van der Waals surface area contributed by atoms with Crippen molar-refractivity contribution in [1.82, 2.24) is 4.98 Å². The number of hydrogen-bond donors (Lipinski definition) is 1. The number of benzene rings is 1. The molecule has 0 atom stereocenters. The number of nitrogens with zero attached hydrogens (tertiary/aromatic N) is 1. The molecule has 1 aromatic heterocycles. The Morgan fingerprint density at radius 1 is 1.19 bits per heavy atom. The highest BCUT2D eigenvalue weighted by Crippen LogP contribution is 2.22. The molecule has 4 heteroatoms. The molecule has 0 saturated heterocycles. The molecule has 2 aromatic rings. The van der Waals surface area contributed by atoms with Crippen LogP contribution in [0.25, 0.3) is 0 Å². The van der Waals surface area contributed by atoms with Gasteiger partial charge in [0.15, 0.2) is 0 Å². The molecule has 0 unspecified atom stereocenters. The van der Waals surface area contributed by atoms with Crippen LogP contribution in [0.2, 0.25) is 0 Å². The predicted octanol–water partition coefficient (Wildman–Crippen LogP) is 4.04. The fraction of sp³-hybridized carbons (Fsp3) is 0.0833. The SMILES string of the molecule is Cc1cc(Br)cc(Nc2ccnc(F)c2)c1. The summed E-state index contributed by atoms with van der Waals surface area (Å²) in [5, 5.41) is 3.12. The second-order valence-corrected chi connectivity index (χ2v) is 4.43. The zero-order valence-electron chi connectivity index (χ0n) is 8.67. The maximum Gasteiger partial charge on any atom is 0.214 e. The van der Waals surface area contributed by atoms with Crippen molar-refractivity contribution in [1.29, 1.82) is 0 Å². The number of hydrogen-bond acceptors (Lipinski definition) is 2. The van der Waals surface area contributed by atoms with Crippen LogP contribution in [-0.2, 0) is 0 Å². The highest BCUT2D eigenvalue weighted by molar-refractivity contribution is 9.10. The van der Waals surface area contributed by atoms with Crippen LogP contribution in [0, 0.1) is 12.9 Å². The van der Waals surface area contributed by atoms with E-state index < -0.39 is 5.95 Å². The Balaban J connectivity index is 2.27. The summed E-state index contributed by atoms with van der Waals surface area (Å²) < 4.78 is 13.9. The van der Waals surface area contributed by atoms with Gasteiger partial charge in [-0.1, -0.05) is 15.9 Å². The molecule has 0 aliphatic heterocycles. The van der Waals surface area contributed by atoms with Crippen molar-refractivity contribution in [2.24, 2.45) is 0 Å². The van der Waals surface area contributed by atoms with Gasteiger partial charge in [0.2, 0.25) is 5.95 Å². The Hall–Kier alpha value is -1.42. The number of anilines is 2. The van der Waals surface area contributed by atoms with Gasteiger partial charge >= 0.3 is 0 Å². The number of aromatic nitrogens is 1. The lowest BCUT2D eigenvalue weighted by Gasteiger charge is -2.07. The Morgan fingerprint density at radius 3 is 2.69 bits per heavy atom. The first-order valence-electron chi connectivity index (χ1n) is 4.79. The van der Waals surface area contributed by atoms with Gasteiger partial charge in [-0.2, -0.15) is 4.39 Å². The molecule has 0 radical (unpaired) electrons. The molecule has 0 aliphatic rings. The largest absolute Gasteiger partial charge is 0.355 e. The number of halogens is 2. The average molecular weight is 281 g/mol. The fourth-order valence-electron chi connectivity index (χ4n) is 1.46. The highest BCUT2D eigenvalue weighted by atomic mass is 79.9. The van der Waals surface area contributed by atoms with E-state index >= 15 is 0 Å². The van der Waals surface area contributed by atoms with E-state index in [4.69, 9.17) is 0 Å². The summed E-state index contributed by atoms with van der Waals surface area (Å²) in [4.78, 5) is 3.50. The standard InChI is InChI=1S/C12H10BrFN2/c1-8-4-9(13)6-11(5-8)16-10-2-3-15-12(14)7-10/h2-7H,1H3,(H,15,16). The average Bonchev–Trinajstić information content (AvgIpc) is 2.15. The van der Waals surface area contributed by atoms with Crippen molar-refractivity contribution in [3.63, 3.8) is 0 Å². The summed E-state index contributed by atoms with van der Waals surface area (Å²) in [7, 11) is 0. The van der Waals surface area contributed by atoms with Gasteiger partial charge in [-0.05, 0) is 36.8 Å². The summed E-state index contributed by atoms with van der Waals surface area (Å²) in [5.74, 6) is -0.489. The Morgan fingerprint density at radius 2 is 2.00 bits per heavy atom. The second-order valence-electron chi connectivity index (χ2n) is 3.51. The molecule has 2 rings (SSSR count). The van der Waals surface area contributed by atoms with Crippen LogP contribution < -0.4 is 5.32 Å². The minimum absolute atomic E-state index is 0.489. The first-order valence-corrected chi connectivity index (χ1v) is 5.58. The molecule has 2 nitrogen and oxygen atoms in total. The van der Waals surface area contributed by atoms with Crippen molar-refractivity contribution in [2.75, 3.05) is 5.32 Å². The molecule has 0 fully saturated rings. The van der Waals surface area contributed by atoms with Crippen LogP contribution in [0.4, 0.5) is 15.8 Å². The molecule has 0 spiro atoms. The molecular weight excluding hydrogens is 271 g/mol. The normalized spacial score (nSPS) is 10.2. The van der Waals surface area contributed by atoms with E-state index in [0.29, 0.717) is 5.69 Å². The maximum atomic E-state index is 12.9. The highest BCUT2D eigenvalue weighted by Gasteiger charge is 1.99. The van der Waals surface area contributed by atoms with Gasteiger partial charge in [0.25, 0.3) is 0 Å². The minimum Gasteiger partial charge on any atom is -0.355 e. The van der Waals surface area contributed by atoms with Gasteiger partial charge in [-0.3, -0.25) is 0 Å². The molecule has 0 amide bonds. The van der Waals surface area contributed by atoms with Crippen LogP contribution in [0.3, 0.4) is 0 Å². The maximum absolute atomic E-state index is 12.9. The van der Waals surface area contributed by atoms with Gasteiger partial charge in [0.1, 0.15) is 0 Å². The second kappa shape index (κ2) is 4.61. The first kappa shape index (κ1) is 11.1. The Labute approximate surface area is 102 Å². The predicted molar refractivity (Wildman–Crippen MR) is 66.4 cm³/mol. The minimum atomic E-state index is -0.489. The monoisotopic (exact) mass is 280 g/mol. The lowest BCUT2D eigenvalue weighted by Crippen LogP contribution is -1.92. The van der Waals surface area contributed by atoms with Gasteiger partial charge in [0.05, 0.1) is 0 Å². The molecule has 16 heavy (non-hydrogen) atoms. The van der Waals surface area contributed by atoms with Gasteiger partial charge in [-0.25, -0.2) is 4.98 Å². The third kappa shape index (κ3) is 2.79. The van der Waals surface area contributed by atoms with E-state index in [1.807, 2.05) is 25.1 Å². The van der Waals surface area contributed by atoms with Crippen molar-refractivity contribution in [3.8, 4) is 0 Å². The van der Waals surface area contributed by atoms with Crippen molar-refractivity contribution in [2.45, 2.75) is 6.92 Å². The van der Waals surface area contributed by atoms with Crippen LogP contribution in [-0.4, -0.2) is 4.98 Å². The lowest BCUT2D eigenvalue weighted by atomic mass is 10.2. The van der Waals surface area contributed by atoms with Crippen molar-refractivity contribution in [3.05, 3.63) is 52.5 Å². The van der Waals surface area contributed by atoms with E-state index in [2.05, 4.69) is 26.2 Å². The summed E-state index contributed by atoms with van der Waals surface area (Å²) in [5.41, 5.74) is 2.73. The zero-order chi connectivity index (χ0) is 11.5. The molecule has 1 N–H and O–H groups in total. The smallest absolute Gasteiger partial charge is 0.214 e. The summed E-state index contributed by atoms with van der Waals surface area (Å²) in [6.07, 6.45) is 1.43. The molecule has 0 aliphatic carbocycles. The number of pyridine rings is 1. The number of aryl methyl sites for hydroxylation is 1. The van der Waals surface area contributed by atoms with Gasteiger partial charge < -0.3 is 5.32 Å². The fourth-order valence-corrected chi connectivity index (χ4v) is 2.06. The molecule has 0 saturated carbocycles. The van der Waals surface area contributed by atoms with Crippen LogP contribution in [0.1, 0.15) is 5.56 Å². The van der Waals surface area contributed by atoms with Gasteiger partial charge in [-0.15, -0.1) is 0 Å². The topological polar surface area (TPSA) is 24.9 Å². The Kier molecular flexibility index (Phi) is 3.19.